The molecule has 2 N–H and O–H groups in total. The van der Waals surface area contributed by atoms with Gasteiger partial charge in [0.25, 0.3) is 0 Å². The van der Waals surface area contributed by atoms with Gasteiger partial charge in [-0.05, 0) is 29.7 Å². The van der Waals surface area contributed by atoms with Gasteiger partial charge in [-0.3, -0.25) is 0 Å². The van der Waals surface area contributed by atoms with Crippen LogP contribution in [-0.2, 0) is 0 Å². The van der Waals surface area contributed by atoms with Crippen molar-refractivity contribution >= 4 is 15.9 Å². The molecule has 0 saturated heterocycles. The predicted octanol–water partition coefficient (Wildman–Crippen LogP) is 2.57. The summed E-state index contributed by atoms with van der Waals surface area (Å²) < 4.78 is 1.35. The molecular weight excluding hydrogens is 228 g/mol. The first-order chi connectivity index (χ1) is 6.25. The highest BCUT2D eigenvalue weighted by molar-refractivity contribution is 9.11. The third kappa shape index (κ3) is 1.97. The first-order valence-electron chi connectivity index (χ1n) is 4.53. The molecule has 0 radical (unpaired) electrons. The number of nitrogens with one attached hydrogen (secondary N) is 2. The molecule has 0 bridgehead atoms. The average Bonchev–Trinajstić information content (AvgIpc) is 2.64. The largest absolute Gasteiger partial charge is 0.347 e. The Morgan fingerprint density at radius 2 is 2.46 bits per heavy atom. The highest BCUT2D eigenvalue weighted by atomic mass is 79.9. The second kappa shape index (κ2) is 3.58. The normalized spacial score (nSPS) is 26.5. The van der Waals surface area contributed by atoms with Crippen LogP contribution in [0.2, 0.25) is 0 Å². The zero-order valence-electron chi connectivity index (χ0n) is 7.44. The van der Waals surface area contributed by atoms with Crippen molar-refractivity contribution in [2.45, 2.75) is 19.3 Å². The van der Waals surface area contributed by atoms with Crippen molar-refractivity contribution in [2.75, 3.05) is 0 Å². The summed E-state index contributed by atoms with van der Waals surface area (Å²) in [5.74, 6) is 1.54. The molecule has 0 aromatic carbocycles. The maximum Gasteiger partial charge on any atom is 0.0995 e. The Kier molecular flexibility index (Phi) is 2.44. The van der Waals surface area contributed by atoms with Crippen LogP contribution >= 0.6 is 15.9 Å². The highest BCUT2D eigenvalue weighted by Gasteiger charge is 2.19. The molecule has 0 saturated carbocycles. The third-order valence-electron chi connectivity index (χ3n) is 2.44. The van der Waals surface area contributed by atoms with E-state index in [0.29, 0.717) is 5.92 Å². The lowest BCUT2D eigenvalue weighted by Gasteiger charge is -2.11. The van der Waals surface area contributed by atoms with Crippen molar-refractivity contribution < 1.29 is 0 Å². The van der Waals surface area contributed by atoms with Crippen LogP contribution in [0.3, 0.4) is 0 Å². The Bertz CT molecular complexity index is 291. The summed E-state index contributed by atoms with van der Waals surface area (Å²) >= 11 is 3.59. The van der Waals surface area contributed by atoms with Crippen LogP contribution in [0.1, 0.15) is 19.3 Å². The minimum atomic E-state index is 0.659. The van der Waals surface area contributed by atoms with Gasteiger partial charge in [0, 0.05) is 11.9 Å². The van der Waals surface area contributed by atoms with E-state index in [9.17, 15) is 0 Å². The van der Waals surface area contributed by atoms with Gasteiger partial charge in [0.1, 0.15) is 0 Å². The van der Waals surface area contributed by atoms with Crippen molar-refractivity contribution in [2.24, 2.45) is 5.92 Å². The lowest BCUT2D eigenvalue weighted by atomic mass is 10.0. The summed E-state index contributed by atoms with van der Waals surface area (Å²) in [6, 6.07) is 0. The summed E-state index contributed by atoms with van der Waals surface area (Å²) in [7, 11) is 0. The summed E-state index contributed by atoms with van der Waals surface area (Å²) in [5, 5.41) is 6.26. The van der Waals surface area contributed by atoms with Gasteiger partial charge in [0.05, 0.1) is 5.82 Å². The van der Waals surface area contributed by atoms with E-state index in [0.717, 1.165) is 12.2 Å². The van der Waals surface area contributed by atoms with Crippen molar-refractivity contribution in [3.63, 3.8) is 0 Å². The molecule has 1 unspecified atom stereocenters. The van der Waals surface area contributed by atoms with E-state index in [2.05, 4.69) is 39.2 Å². The summed E-state index contributed by atoms with van der Waals surface area (Å²) in [6.45, 7) is 3.80. The molecule has 0 aromatic rings. The highest BCUT2D eigenvalue weighted by Crippen LogP contribution is 2.34. The standard InChI is InChI=1S/C10H13BrN2/c1-7-12-6-9(13-7)5-8-3-2-4-10(8)11/h4,6,8,12-13H,1-3,5H2. The number of allylic oxidation sites excluding steroid dienone is 3. The van der Waals surface area contributed by atoms with E-state index in [1.165, 1.54) is 23.0 Å². The molecule has 1 aliphatic heterocycles. The second-order valence-electron chi connectivity index (χ2n) is 3.48. The molecule has 0 fully saturated rings. The van der Waals surface area contributed by atoms with Crippen molar-refractivity contribution in [1.82, 2.24) is 10.6 Å². The van der Waals surface area contributed by atoms with Crippen molar-refractivity contribution in [1.29, 1.82) is 0 Å². The zero-order valence-corrected chi connectivity index (χ0v) is 9.02. The van der Waals surface area contributed by atoms with Gasteiger partial charge in [0.2, 0.25) is 0 Å². The fourth-order valence-corrected chi connectivity index (χ4v) is 2.36. The number of rotatable bonds is 2. The molecule has 0 spiro atoms. The van der Waals surface area contributed by atoms with Crippen LogP contribution < -0.4 is 10.6 Å². The summed E-state index contributed by atoms with van der Waals surface area (Å²) in [4.78, 5) is 0. The summed E-state index contributed by atoms with van der Waals surface area (Å²) in [6.07, 6.45) is 7.80. The van der Waals surface area contributed by atoms with E-state index in [-0.39, 0.29) is 0 Å². The van der Waals surface area contributed by atoms with Crippen LogP contribution in [0.15, 0.2) is 34.9 Å². The van der Waals surface area contributed by atoms with Crippen LogP contribution in [-0.4, -0.2) is 0 Å². The van der Waals surface area contributed by atoms with E-state index >= 15 is 0 Å². The predicted molar refractivity (Wildman–Crippen MR) is 57.8 cm³/mol. The minimum Gasteiger partial charge on any atom is -0.347 e. The summed E-state index contributed by atoms with van der Waals surface area (Å²) in [5.41, 5.74) is 1.24. The fraction of sp³-hybridized carbons (Fsp3) is 0.400. The maximum atomic E-state index is 3.80. The topological polar surface area (TPSA) is 24.1 Å². The Balaban J connectivity index is 1.92. The Morgan fingerprint density at radius 3 is 3.00 bits per heavy atom. The van der Waals surface area contributed by atoms with E-state index in [1.54, 1.807) is 0 Å². The quantitative estimate of drug-likeness (QED) is 0.776. The van der Waals surface area contributed by atoms with E-state index in [1.807, 2.05) is 6.20 Å². The number of hydrogen-bond donors (Lipinski definition) is 2. The lowest BCUT2D eigenvalue weighted by molar-refractivity contribution is 0.607. The van der Waals surface area contributed by atoms with Crippen molar-refractivity contribution in [3.8, 4) is 0 Å². The first kappa shape index (κ1) is 8.88. The monoisotopic (exact) mass is 240 g/mol. The van der Waals surface area contributed by atoms with Gasteiger partial charge in [-0.15, -0.1) is 0 Å². The Labute approximate surface area is 86.9 Å². The Morgan fingerprint density at radius 1 is 1.62 bits per heavy atom. The zero-order chi connectivity index (χ0) is 9.26. The van der Waals surface area contributed by atoms with E-state index < -0.39 is 0 Å². The average molecular weight is 241 g/mol. The van der Waals surface area contributed by atoms with Gasteiger partial charge in [-0.25, -0.2) is 0 Å². The molecule has 0 aromatic heterocycles. The molecule has 2 rings (SSSR count). The molecule has 2 nitrogen and oxygen atoms in total. The molecule has 70 valence electrons. The van der Waals surface area contributed by atoms with E-state index in [4.69, 9.17) is 0 Å². The first-order valence-corrected chi connectivity index (χ1v) is 5.32. The molecule has 13 heavy (non-hydrogen) atoms. The van der Waals surface area contributed by atoms with Gasteiger partial charge in [0.15, 0.2) is 0 Å². The molecule has 0 amide bonds. The molecular formula is C10H13BrN2. The lowest BCUT2D eigenvalue weighted by Crippen LogP contribution is -2.12. The maximum absolute atomic E-state index is 3.80. The van der Waals surface area contributed by atoms with Crippen molar-refractivity contribution in [3.05, 3.63) is 34.9 Å². The van der Waals surface area contributed by atoms with Gasteiger partial charge >= 0.3 is 0 Å². The number of hydrogen-bond acceptors (Lipinski definition) is 2. The second-order valence-corrected chi connectivity index (χ2v) is 4.40. The molecule has 3 heteroatoms. The van der Waals surface area contributed by atoms with Gasteiger partial charge in [-0.1, -0.05) is 28.6 Å². The van der Waals surface area contributed by atoms with Crippen LogP contribution in [0.25, 0.3) is 0 Å². The van der Waals surface area contributed by atoms with Crippen LogP contribution in [0.5, 0.6) is 0 Å². The minimum absolute atomic E-state index is 0.659. The fourth-order valence-electron chi connectivity index (χ4n) is 1.74. The SMILES string of the molecule is C=C1NC=C(CC2CCC=C2Br)N1. The molecule has 1 atom stereocenters. The van der Waals surface area contributed by atoms with Gasteiger partial charge < -0.3 is 10.6 Å². The Hall–Kier alpha value is -0.700. The van der Waals surface area contributed by atoms with Crippen LogP contribution in [0, 0.1) is 5.92 Å². The van der Waals surface area contributed by atoms with Gasteiger partial charge in [-0.2, -0.15) is 0 Å². The van der Waals surface area contributed by atoms with Crippen LogP contribution in [0.4, 0.5) is 0 Å². The number of halogens is 1. The third-order valence-corrected chi connectivity index (χ3v) is 3.41. The molecule has 1 heterocycles. The smallest absolute Gasteiger partial charge is 0.0995 e. The molecule has 1 aliphatic carbocycles. The molecule has 2 aliphatic rings.